The van der Waals surface area contributed by atoms with Crippen molar-refractivity contribution in [1.29, 1.82) is 0 Å². The average molecular weight is 351 g/mol. The first-order chi connectivity index (χ1) is 12.5. The van der Waals surface area contributed by atoms with Crippen LogP contribution in [0, 0.1) is 5.92 Å². The molecule has 0 spiro atoms. The zero-order valence-corrected chi connectivity index (χ0v) is 15.6. The second-order valence-electron chi connectivity index (χ2n) is 6.90. The van der Waals surface area contributed by atoms with Crippen LogP contribution in [-0.4, -0.2) is 23.0 Å². The van der Waals surface area contributed by atoms with Gasteiger partial charge in [0.1, 0.15) is 11.6 Å². The smallest absolute Gasteiger partial charge is 0.227 e. The van der Waals surface area contributed by atoms with Gasteiger partial charge < -0.3 is 15.0 Å². The Labute approximate surface area is 153 Å². The summed E-state index contributed by atoms with van der Waals surface area (Å²) in [5.41, 5.74) is 0.988. The molecule has 0 unspecified atom stereocenters. The Morgan fingerprint density at radius 2 is 1.85 bits per heavy atom. The van der Waals surface area contributed by atoms with E-state index in [1.807, 2.05) is 37.3 Å². The molecule has 5 nitrogen and oxygen atoms in total. The predicted octanol–water partition coefficient (Wildman–Crippen LogP) is 4.19. The van der Waals surface area contributed by atoms with E-state index in [0.29, 0.717) is 0 Å². The minimum absolute atomic E-state index is 0.00652. The molecule has 3 aromatic rings. The van der Waals surface area contributed by atoms with Crippen molar-refractivity contribution < 1.29 is 9.53 Å². The highest BCUT2D eigenvalue weighted by Gasteiger charge is 2.24. The SMILES string of the molecule is COc1ccc2cc([C@H](C)C(=O)N[C@H](c3ncc[nH]3)C(C)C)ccc2c1. The standard InChI is InChI=1S/C21H25N3O2/c1-13(2)19(20-22-9-10-23-20)24-21(25)14(3)15-5-6-17-12-18(26-4)8-7-16(17)11-15/h5-14,19H,1-4H3,(H,22,23)(H,24,25)/t14-,19-/m0/s1. The molecular weight excluding hydrogens is 326 g/mol. The number of hydrogen-bond donors (Lipinski definition) is 2. The summed E-state index contributed by atoms with van der Waals surface area (Å²) in [5.74, 6) is 1.59. The Morgan fingerprint density at radius 3 is 2.50 bits per heavy atom. The molecule has 1 heterocycles. The number of benzene rings is 2. The van der Waals surface area contributed by atoms with E-state index < -0.39 is 0 Å². The number of ether oxygens (including phenoxy) is 1. The van der Waals surface area contributed by atoms with Crippen molar-refractivity contribution in [3.05, 3.63) is 60.2 Å². The van der Waals surface area contributed by atoms with E-state index in [9.17, 15) is 4.79 Å². The summed E-state index contributed by atoms with van der Waals surface area (Å²) in [6.07, 6.45) is 3.48. The Hall–Kier alpha value is -2.82. The summed E-state index contributed by atoms with van der Waals surface area (Å²) in [5, 5.41) is 5.32. The van der Waals surface area contributed by atoms with Gasteiger partial charge in [-0.3, -0.25) is 4.79 Å². The Morgan fingerprint density at radius 1 is 1.12 bits per heavy atom. The second kappa shape index (κ2) is 7.60. The summed E-state index contributed by atoms with van der Waals surface area (Å²) in [4.78, 5) is 20.2. The number of nitrogens with zero attached hydrogens (tertiary/aromatic N) is 1. The van der Waals surface area contributed by atoms with Crippen LogP contribution in [0.1, 0.15) is 44.1 Å². The third-order valence-electron chi connectivity index (χ3n) is 4.74. The van der Waals surface area contributed by atoms with Crippen LogP contribution in [-0.2, 0) is 4.79 Å². The number of aromatic amines is 1. The Balaban J connectivity index is 1.80. The second-order valence-corrected chi connectivity index (χ2v) is 6.90. The van der Waals surface area contributed by atoms with Crippen LogP contribution in [0.3, 0.4) is 0 Å². The van der Waals surface area contributed by atoms with E-state index in [1.165, 1.54) is 0 Å². The zero-order valence-electron chi connectivity index (χ0n) is 15.6. The first-order valence-corrected chi connectivity index (χ1v) is 8.87. The largest absolute Gasteiger partial charge is 0.497 e. The van der Waals surface area contributed by atoms with Gasteiger partial charge in [-0.15, -0.1) is 0 Å². The Bertz CT molecular complexity index is 887. The van der Waals surface area contributed by atoms with Crippen molar-refractivity contribution in [3.8, 4) is 5.75 Å². The number of carbonyl (C=O) groups excluding carboxylic acids is 1. The van der Waals surface area contributed by atoms with E-state index in [0.717, 1.165) is 27.9 Å². The van der Waals surface area contributed by atoms with Crippen molar-refractivity contribution in [1.82, 2.24) is 15.3 Å². The molecule has 0 saturated carbocycles. The maximum absolute atomic E-state index is 12.8. The van der Waals surface area contributed by atoms with Crippen LogP contribution in [0.5, 0.6) is 5.75 Å². The highest BCUT2D eigenvalue weighted by Crippen LogP contribution is 2.26. The van der Waals surface area contributed by atoms with Crippen LogP contribution < -0.4 is 10.1 Å². The fourth-order valence-electron chi connectivity index (χ4n) is 3.07. The number of methoxy groups -OCH3 is 1. The molecule has 0 aliphatic carbocycles. The number of aromatic nitrogens is 2. The summed E-state index contributed by atoms with van der Waals surface area (Å²) in [6, 6.07) is 11.9. The molecule has 0 aliphatic heterocycles. The lowest BCUT2D eigenvalue weighted by Crippen LogP contribution is -2.35. The molecule has 0 fully saturated rings. The van der Waals surface area contributed by atoms with Gasteiger partial charge in [0.05, 0.1) is 19.1 Å². The number of amides is 1. The van der Waals surface area contributed by atoms with Crippen LogP contribution in [0.15, 0.2) is 48.8 Å². The minimum atomic E-state index is -0.252. The molecule has 1 amide bonds. The van der Waals surface area contributed by atoms with Crippen LogP contribution >= 0.6 is 0 Å². The molecule has 2 N–H and O–H groups in total. The van der Waals surface area contributed by atoms with Crippen molar-refractivity contribution in [2.75, 3.05) is 7.11 Å². The third-order valence-corrected chi connectivity index (χ3v) is 4.74. The molecule has 2 aromatic carbocycles. The van der Waals surface area contributed by atoms with Crippen LogP contribution in [0.25, 0.3) is 10.8 Å². The molecule has 1 aromatic heterocycles. The van der Waals surface area contributed by atoms with Crippen molar-refractivity contribution >= 4 is 16.7 Å². The highest BCUT2D eigenvalue weighted by atomic mass is 16.5. The van der Waals surface area contributed by atoms with E-state index >= 15 is 0 Å². The van der Waals surface area contributed by atoms with Gasteiger partial charge in [-0.2, -0.15) is 0 Å². The van der Waals surface area contributed by atoms with E-state index in [-0.39, 0.29) is 23.8 Å². The van der Waals surface area contributed by atoms with Crippen molar-refractivity contribution in [3.63, 3.8) is 0 Å². The molecule has 0 bridgehead atoms. The maximum Gasteiger partial charge on any atom is 0.227 e. The topological polar surface area (TPSA) is 67.0 Å². The summed E-state index contributed by atoms with van der Waals surface area (Å²) in [6.45, 7) is 6.07. The predicted molar refractivity (Wildman–Crippen MR) is 103 cm³/mol. The van der Waals surface area contributed by atoms with Crippen LogP contribution in [0.2, 0.25) is 0 Å². The number of nitrogens with one attached hydrogen (secondary N) is 2. The quantitative estimate of drug-likeness (QED) is 0.700. The first-order valence-electron chi connectivity index (χ1n) is 8.87. The number of hydrogen-bond acceptors (Lipinski definition) is 3. The van der Waals surface area contributed by atoms with E-state index in [4.69, 9.17) is 4.74 Å². The lowest BCUT2D eigenvalue weighted by Gasteiger charge is -2.23. The summed E-state index contributed by atoms with van der Waals surface area (Å²) >= 11 is 0. The number of imidazole rings is 1. The maximum atomic E-state index is 12.8. The van der Waals surface area contributed by atoms with Gasteiger partial charge in [0.15, 0.2) is 0 Å². The Kier molecular flexibility index (Phi) is 5.26. The van der Waals surface area contributed by atoms with Gasteiger partial charge in [0, 0.05) is 12.4 Å². The van der Waals surface area contributed by atoms with Crippen molar-refractivity contribution in [2.45, 2.75) is 32.7 Å². The van der Waals surface area contributed by atoms with Gasteiger partial charge in [-0.1, -0.05) is 38.1 Å². The lowest BCUT2D eigenvalue weighted by atomic mass is 9.95. The van der Waals surface area contributed by atoms with E-state index in [2.05, 4.69) is 35.2 Å². The third kappa shape index (κ3) is 3.72. The molecule has 0 aliphatic rings. The van der Waals surface area contributed by atoms with Crippen LogP contribution in [0.4, 0.5) is 0 Å². The molecule has 2 atom stereocenters. The fraction of sp³-hybridized carbons (Fsp3) is 0.333. The summed E-state index contributed by atoms with van der Waals surface area (Å²) in [7, 11) is 1.66. The number of fused-ring (bicyclic) bond motifs is 1. The van der Waals surface area contributed by atoms with Gasteiger partial charge in [-0.25, -0.2) is 4.98 Å². The number of H-pyrrole nitrogens is 1. The van der Waals surface area contributed by atoms with Gasteiger partial charge in [0.2, 0.25) is 5.91 Å². The molecular formula is C21H25N3O2. The van der Waals surface area contributed by atoms with Gasteiger partial charge in [-0.05, 0) is 41.3 Å². The number of rotatable bonds is 6. The highest BCUT2D eigenvalue weighted by molar-refractivity contribution is 5.88. The minimum Gasteiger partial charge on any atom is -0.497 e. The number of carbonyl (C=O) groups is 1. The lowest BCUT2D eigenvalue weighted by molar-refractivity contribution is -0.123. The first kappa shape index (κ1) is 18.0. The normalized spacial score (nSPS) is 13.6. The molecule has 26 heavy (non-hydrogen) atoms. The van der Waals surface area contributed by atoms with Crippen molar-refractivity contribution in [2.24, 2.45) is 5.92 Å². The monoisotopic (exact) mass is 351 g/mol. The average Bonchev–Trinajstić information content (AvgIpc) is 3.18. The van der Waals surface area contributed by atoms with E-state index in [1.54, 1.807) is 19.5 Å². The molecule has 0 radical (unpaired) electrons. The molecule has 5 heteroatoms. The molecule has 136 valence electrons. The van der Waals surface area contributed by atoms with Gasteiger partial charge >= 0.3 is 0 Å². The zero-order chi connectivity index (χ0) is 18.7. The fourth-order valence-corrected chi connectivity index (χ4v) is 3.07. The van der Waals surface area contributed by atoms with Gasteiger partial charge in [0.25, 0.3) is 0 Å². The molecule has 3 rings (SSSR count). The molecule has 0 saturated heterocycles. The summed E-state index contributed by atoms with van der Waals surface area (Å²) < 4.78 is 5.27.